The molecule has 0 aromatic carbocycles. The van der Waals surface area contributed by atoms with Crippen molar-refractivity contribution >= 4 is 5.97 Å². The van der Waals surface area contributed by atoms with E-state index in [2.05, 4.69) is 0 Å². The number of aliphatic hydroxyl groups is 1. The normalized spacial score (nSPS) is 13.1. The van der Waals surface area contributed by atoms with Gasteiger partial charge in [-0.25, -0.2) is 4.79 Å². The zero-order valence-corrected chi connectivity index (χ0v) is 7.09. The molecule has 0 saturated carbocycles. The number of carboxylic acids is 1. The van der Waals surface area contributed by atoms with E-state index in [0.29, 0.717) is 6.42 Å². The number of carbonyl (C=O) groups is 1. The molecule has 3 heteroatoms. The van der Waals surface area contributed by atoms with Gasteiger partial charge < -0.3 is 10.2 Å². The maximum atomic E-state index is 10.3. The van der Waals surface area contributed by atoms with Crippen LogP contribution in [0.15, 0.2) is 11.3 Å². The number of aliphatic hydroxyl groups excluding tert-OH is 1. The van der Waals surface area contributed by atoms with Crippen LogP contribution in [0.2, 0.25) is 0 Å². The molecule has 0 unspecified atom stereocenters. The van der Waals surface area contributed by atoms with Gasteiger partial charge in [-0.15, -0.1) is 0 Å². The van der Waals surface area contributed by atoms with Crippen LogP contribution in [0.1, 0.15) is 27.2 Å². The fourth-order valence-electron chi connectivity index (χ4n) is 0.663. The number of carboxylic acid groups (broad SMARTS) is 1. The maximum Gasteiger partial charge on any atom is 0.334 e. The zero-order chi connectivity index (χ0) is 9.02. The molecule has 2 N–H and O–H groups in total. The largest absolute Gasteiger partial charge is 0.512 e. The third-order valence-electron chi connectivity index (χ3n) is 1.36. The van der Waals surface area contributed by atoms with E-state index in [1.807, 2.05) is 13.8 Å². The summed E-state index contributed by atoms with van der Waals surface area (Å²) in [6.45, 7) is 5.25. The van der Waals surface area contributed by atoms with Gasteiger partial charge in [-0.1, -0.05) is 13.8 Å². The monoisotopic (exact) mass is 158 g/mol. The quantitative estimate of drug-likeness (QED) is 0.487. The minimum absolute atomic E-state index is 0.0208. The van der Waals surface area contributed by atoms with Crippen molar-refractivity contribution in [2.75, 3.05) is 0 Å². The first kappa shape index (κ1) is 10.0. The van der Waals surface area contributed by atoms with Crippen LogP contribution < -0.4 is 0 Å². The van der Waals surface area contributed by atoms with Crippen LogP contribution >= 0.6 is 0 Å². The summed E-state index contributed by atoms with van der Waals surface area (Å²) in [5, 5.41) is 17.6. The Morgan fingerprint density at radius 3 is 2.09 bits per heavy atom. The van der Waals surface area contributed by atoms with Gasteiger partial charge in [0.05, 0.1) is 5.57 Å². The lowest BCUT2D eigenvalue weighted by Gasteiger charge is -2.04. The minimum atomic E-state index is -1.05. The van der Waals surface area contributed by atoms with E-state index in [0.717, 1.165) is 0 Å². The maximum absolute atomic E-state index is 10.3. The lowest BCUT2D eigenvalue weighted by molar-refractivity contribution is -0.132. The minimum Gasteiger partial charge on any atom is -0.512 e. The van der Waals surface area contributed by atoms with Crippen LogP contribution in [-0.4, -0.2) is 16.2 Å². The van der Waals surface area contributed by atoms with E-state index >= 15 is 0 Å². The summed E-state index contributed by atoms with van der Waals surface area (Å²) in [6.07, 6.45) is 0.429. The molecule has 0 bridgehead atoms. The number of allylic oxidation sites excluding steroid dienone is 1. The highest BCUT2D eigenvalue weighted by Crippen LogP contribution is 2.11. The Morgan fingerprint density at radius 2 is 1.82 bits per heavy atom. The number of rotatable bonds is 3. The van der Waals surface area contributed by atoms with Gasteiger partial charge >= 0.3 is 5.97 Å². The van der Waals surface area contributed by atoms with Crippen LogP contribution in [0.5, 0.6) is 0 Å². The van der Waals surface area contributed by atoms with Crippen molar-refractivity contribution in [2.45, 2.75) is 27.2 Å². The fourth-order valence-corrected chi connectivity index (χ4v) is 0.663. The summed E-state index contributed by atoms with van der Waals surface area (Å²) in [7, 11) is 0. The van der Waals surface area contributed by atoms with E-state index in [1.54, 1.807) is 0 Å². The smallest absolute Gasteiger partial charge is 0.334 e. The molecule has 0 aromatic heterocycles. The Hall–Kier alpha value is -0.990. The van der Waals surface area contributed by atoms with Crippen LogP contribution in [0, 0.1) is 5.92 Å². The van der Waals surface area contributed by atoms with Gasteiger partial charge in [0.1, 0.15) is 5.76 Å². The van der Waals surface area contributed by atoms with Crippen molar-refractivity contribution < 1.29 is 15.0 Å². The van der Waals surface area contributed by atoms with Crippen molar-refractivity contribution in [3.05, 3.63) is 11.3 Å². The molecule has 0 amide bonds. The summed E-state index contributed by atoms with van der Waals surface area (Å²) >= 11 is 0. The van der Waals surface area contributed by atoms with Crippen molar-refractivity contribution in [3.63, 3.8) is 0 Å². The second-order valence-corrected chi connectivity index (χ2v) is 2.97. The van der Waals surface area contributed by atoms with Crippen LogP contribution in [0.4, 0.5) is 0 Å². The van der Waals surface area contributed by atoms with E-state index in [9.17, 15) is 4.79 Å². The Balaban J connectivity index is 4.28. The molecule has 0 aromatic rings. The van der Waals surface area contributed by atoms with Crippen molar-refractivity contribution in [3.8, 4) is 0 Å². The van der Waals surface area contributed by atoms with E-state index in [1.165, 1.54) is 6.92 Å². The molecular formula is C8H14O3. The first-order chi connectivity index (χ1) is 4.95. The second kappa shape index (κ2) is 4.01. The van der Waals surface area contributed by atoms with Crippen LogP contribution in [0.25, 0.3) is 0 Å². The van der Waals surface area contributed by atoms with Gasteiger partial charge in [0.15, 0.2) is 0 Å². The lowest BCUT2D eigenvalue weighted by atomic mass is 10.1. The van der Waals surface area contributed by atoms with Gasteiger partial charge in [-0.05, 0) is 12.8 Å². The molecular weight excluding hydrogens is 144 g/mol. The summed E-state index contributed by atoms with van der Waals surface area (Å²) in [6, 6.07) is 0. The predicted molar refractivity (Wildman–Crippen MR) is 42.4 cm³/mol. The first-order valence-corrected chi connectivity index (χ1v) is 3.57. The van der Waals surface area contributed by atoms with Gasteiger partial charge in [0.25, 0.3) is 0 Å². The SMILES string of the molecule is CC(C(=O)O)=C(O)CC(C)C. The summed E-state index contributed by atoms with van der Waals surface area (Å²) in [5.41, 5.74) is 0.0405. The standard InChI is InChI=1S/C8H14O3/c1-5(2)4-7(9)6(3)8(10)11/h5,9H,4H2,1-3H3,(H,10,11). The summed E-state index contributed by atoms with van der Waals surface area (Å²) in [4.78, 5) is 10.3. The Bertz CT molecular complexity index is 180. The molecule has 0 saturated heterocycles. The predicted octanol–water partition coefficient (Wildman–Crippen LogP) is 1.95. The molecule has 0 aliphatic carbocycles. The van der Waals surface area contributed by atoms with Crippen LogP contribution in [0.3, 0.4) is 0 Å². The molecule has 0 spiro atoms. The third kappa shape index (κ3) is 3.65. The van der Waals surface area contributed by atoms with Crippen molar-refractivity contribution in [1.82, 2.24) is 0 Å². The second-order valence-electron chi connectivity index (χ2n) is 2.97. The third-order valence-corrected chi connectivity index (χ3v) is 1.36. The zero-order valence-electron chi connectivity index (χ0n) is 7.09. The van der Waals surface area contributed by atoms with Gasteiger partial charge in [0.2, 0.25) is 0 Å². The summed E-state index contributed by atoms with van der Waals surface area (Å²) in [5.74, 6) is -0.792. The number of aliphatic carboxylic acids is 1. The molecule has 64 valence electrons. The topological polar surface area (TPSA) is 57.5 Å². The molecule has 0 aliphatic rings. The fraction of sp³-hybridized carbons (Fsp3) is 0.625. The highest BCUT2D eigenvalue weighted by Gasteiger charge is 2.08. The average molecular weight is 158 g/mol. The molecule has 0 fully saturated rings. The van der Waals surface area contributed by atoms with E-state index < -0.39 is 5.97 Å². The van der Waals surface area contributed by atoms with Crippen LogP contribution in [-0.2, 0) is 4.79 Å². The Kier molecular flexibility index (Phi) is 3.65. The first-order valence-electron chi connectivity index (χ1n) is 3.57. The molecule has 0 heterocycles. The average Bonchev–Trinajstić information content (AvgIpc) is 1.84. The van der Waals surface area contributed by atoms with Gasteiger partial charge in [-0.2, -0.15) is 0 Å². The molecule has 0 rings (SSSR count). The van der Waals surface area contributed by atoms with Gasteiger partial charge in [0, 0.05) is 6.42 Å². The van der Waals surface area contributed by atoms with Crippen molar-refractivity contribution in [1.29, 1.82) is 0 Å². The number of hydrogen-bond donors (Lipinski definition) is 2. The van der Waals surface area contributed by atoms with E-state index in [4.69, 9.17) is 10.2 Å². The summed E-state index contributed by atoms with van der Waals surface area (Å²) < 4.78 is 0. The molecule has 0 radical (unpaired) electrons. The Labute approximate surface area is 66.4 Å². The lowest BCUT2D eigenvalue weighted by Crippen LogP contribution is -2.02. The Morgan fingerprint density at radius 1 is 1.36 bits per heavy atom. The van der Waals surface area contributed by atoms with Crippen molar-refractivity contribution in [2.24, 2.45) is 5.92 Å². The highest BCUT2D eigenvalue weighted by molar-refractivity contribution is 5.86. The molecule has 0 atom stereocenters. The molecule has 11 heavy (non-hydrogen) atoms. The molecule has 0 aliphatic heterocycles. The molecule has 3 nitrogen and oxygen atoms in total. The number of hydrogen-bond acceptors (Lipinski definition) is 2. The highest BCUT2D eigenvalue weighted by atomic mass is 16.4. The van der Waals surface area contributed by atoms with E-state index in [-0.39, 0.29) is 17.3 Å². The van der Waals surface area contributed by atoms with Gasteiger partial charge in [-0.3, -0.25) is 0 Å².